The second-order valence-corrected chi connectivity index (χ2v) is 6.08. The van der Waals surface area contributed by atoms with E-state index in [1.54, 1.807) is 0 Å². The van der Waals surface area contributed by atoms with Gasteiger partial charge in [-0.2, -0.15) is 0 Å². The lowest BCUT2D eigenvalue weighted by Gasteiger charge is -2.33. The van der Waals surface area contributed by atoms with Gasteiger partial charge in [-0.3, -0.25) is 9.80 Å². The molecule has 2 aliphatic heterocycles. The zero-order valence-electron chi connectivity index (χ0n) is 10.9. The molecule has 2 atom stereocenters. The molecule has 2 unspecified atom stereocenters. The summed E-state index contributed by atoms with van der Waals surface area (Å²) in [5, 5.41) is 0. The summed E-state index contributed by atoms with van der Waals surface area (Å²) < 4.78 is 0. The Morgan fingerprint density at radius 1 is 1.29 bits per heavy atom. The van der Waals surface area contributed by atoms with E-state index in [0.29, 0.717) is 11.0 Å². The van der Waals surface area contributed by atoms with Gasteiger partial charge in [0.25, 0.3) is 0 Å². The van der Waals surface area contributed by atoms with Crippen molar-refractivity contribution in [1.29, 1.82) is 0 Å². The van der Waals surface area contributed by atoms with E-state index in [1.165, 1.54) is 51.9 Å². The summed E-state index contributed by atoms with van der Waals surface area (Å²) in [6.07, 6.45) is 6.38. The summed E-state index contributed by atoms with van der Waals surface area (Å²) in [6.45, 7) is 7.29. The Morgan fingerprint density at radius 2 is 2.00 bits per heavy atom. The van der Waals surface area contributed by atoms with Gasteiger partial charge in [0.1, 0.15) is 0 Å². The van der Waals surface area contributed by atoms with Crippen LogP contribution in [0.15, 0.2) is 0 Å². The first kappa shape index (κ1) is 13.2. The molecule has 0 bridgehead atoms. The summed E-state index contributed by atoms with van der Waals surface area (Å²) in [7, 11) is 0. The van der Waals surface area contributed by atoms with E-state index in [-0.39, 0.29) is 0 Å². The number of rotatable bonds is 4. The standard InChI is InChI=1S/C13H25N3S/c1-11(9-13(14)17)16-8-5-12(10-16)15-6-3-2-4-7-15/h11-12H,2-10H2,1H3,(H2,14,17). The van der Waals surface area contributed by atoms with Crippen molar-refractivity contribution < 1.29 is 0 Å². The van der Waals surface area contributed by atoms with Gasteiger partial charge in [0.15, 0.2) is 0 Å². The first-order valence-corrected chi connectivity index (χ1v) is 7.34. The van der Waals surface area contributed by atoms with Crippen LogP contribution in [0.3, 0.4) is 0 Å². The lowest BCUT2D eigenvalue weighted by molar-refractivity contribution is 0.155. The van der Waals surface area contributed by atoms with Crippen molar-refractivity contribution in [1.82, 2.24) is 9.80 Å². The number of piperidine rings is 1. The molecule has 3 nitrogen and oxygen atoms in total. The smallest absolute Gasteiger partial charge is 0.0742 e. The number of hydrogen-bond donors (Lipinski definition) is 1. The van der Waals surface area contributed by atoms with Gasteiger partial charge in [0.05, 0.1) is 4.99 Å². The summed E-state index contributed by atoms with van der Waals surface area (Å²) in [5.74, 6) is 0. The number of hydrogen-bond acceptors (Lipinski definition) is 3. The highest BCUT2D eigenvalue weighted by Crippen LogP contribution is 2.22. The van der Waals surface area contributed by atoms with Crippen LogP contribution in [-0.2, 0) is 0 Å². The molecule has 2 rings (SSSR count). The van der Waals surface area contributed by atoms with Crippen molar-refractivity contribution in [3.8, 4) is 0 Å². The minimum atomic E-state index is 0.516. The largest absolute Gasteiger partial charge is 0.393 e. The average molecular weight is 255 g/mol. The predicted octanol–water partition coefficient (Wildman–Crippen LogP) is 1.61. The third kappa shape index (κ3) is 3.63. The van der Waals surface area contributed by atoms with Gasteiger partial charge >= 0.3 is 0 Å². The van der Waals surface area contributed by atoms with E-state index in [1.807, 2.05) is 0 Å². The fourth-order valence-electron chi connectivity index (χ4n) is 3.17. The van der Waals surface area contributed by atoms with Gasteiger partial charge in [-0.1, -0.05) is 18.6 Å². The normalized spacial score (nSPS) is 29.4. The van der Waals surface area contributed by atoms with Gasteiger partial charge in [-0.25, -0.2) is 0 Å². The van der Waals surface area contributed by atoms with E-state index in [9.17, 15) is 0 Å². The molecule has 0 aromatic carbocycles. The number of nitrogens with zero attached hydrogens (tertiary/aromatic N) is 2. The molecule has 0 amide bonds. The van der Waals surface area contributed by atoms with Crippen LogP contribution in [0.5, 0.6) is 0 Å². The van der Waals surface area contributed by atoms with Crippen LogP contribution in [0.1, 0.15) is 39.0 Å². The molecule has 2 heterocycles. The van der Waals surface area contributed by atoms with Crippen molar-refractivity contribution in [3.05, 3.63) is 0 Å². The molecule has 2 fully saturated rings. The molecular formula is C13H25N3S. The summed E-state index contributed by atoms with van der Waals surface area (Å²) in [4.78, 5) is 5.90. The Bertz CT molecular complexity index is 263. The van der Waals surface area contributed by atoms with Gasteiger partial charge < -0.3 is 5.73 Å². The lowest BCUT2D eigenvalue weighted by Crippen LogP contribution is -2.42. The highest BCUT2D eigenvalue weighted by molar-refractivity contribution is 7.80. The highest BCUT2D eigenvalue weighted by Gasteiger charge is 2.30. The summed E-state index contributed by atoms with van der Waals surface area (Å²) in [5.41, 5.74) is 5.63. The van der Waals surface area contributed by atoms with Crippen molar-refractivity contribution in [2.45, 2.75) is 51.1 Å². The zero-order chi connectivity index (χ0) is 12.3. The van der Waals surface area contributed by atoms with Crippen LogP contribution in [0.25, 0.3) is 0 Å². The van der Waals surface area contributed by atoms with Crippen LogP contribution >= 0.6 is 12.2 Å². The Morgan fingerprint density at radius 3 is 2.65 bits per heavy atom. The van der Waals surface area contributed by atoms with E-state index < -0.39 is 0 Å². The molecule has 17 heavy (non-hydrogen) atoms. The molecule has 0 aromatic heterocycles. The maximum Gasteiger partial charge on any atom is 0.0742 e. The first-order chi connectivity index (χ1) is 8.16. The molecule has 2 saturated heterocycles. The van der Waals surface area contributed by atoms with Crippen LogP contribution in [0, 0.1) is 0 Å². The molecule has 0 radical (unpaired) electrons. The minimum absolute atomic E-state index is 0.516. The molecule has 0 spiro atoms. The molecule has 98 valence electrons. The van der Waals surface area contributed by atoms with Crippen LogP contribution in [-0.4, -0.2) is 53.1 Å². The Kier molecular flexibility index (Phi) is 4.77. The molecule has 0 saturated carbocycles. The fourth-order valence-corrected chi connectivity index (χ4v) is 3.41. The van der Waals surface area contributed by atoms with Crippen LogP contribution < -0.4 is 5.73 Å². The maximum absolute atomic E-state index is 5.63. The number of nitrogens with two attached hydrogens (primary N) is 1. The highest BCUT2D eigenvalue weighted by atomic mass is 32.1. The van der Waals surface area contributed by atoms with E-state index in [4.69, 9.17) is 18.0 Å². The van der Waals surface area contributed by atoms with Gasteiger partial charge in [0.2, 0.25) is 0 Å². The van der Waals surface area contributed by atoms with Gasteiger partial charge in [0, 0.05) is 31.6 Å². The average Bonchev–Trinajstić information content (AvgIpc) is 2.78. The van der Waals surface area contributed by atoms with Crippen molar-refractivity contribution in [2.24, 2.45) is 5.73 Å². The monoisotopic (exact) mass is 255 g/mol. The molecular weight excluding hydrogens is 230 g/mol. The first-order valence-electron chi connectivity index (χ1n) is 6.93. The topological polar surface area (TPSA) is 32.5 Å². The predicted molar refractivity (Wildman–Crippen MR) is 76.3 cm³/mol. The van der Waals surface area contributed by atoms with Gasteiger partial charge in [-0.15, -0.1) is 0 Å². The van der Waals surface area contributed by atoms with Crippen molar-refractivity contribution >= 4 is 17.2 Å². The van der Waals surface area contributed by atoms with E-state index in [0.717, 1.165) is 12.5 Å². The lowest BCUT2D eigenvalue weighted by atomic mass is 10.1. The minimum Gasteiger partial charge on any atom is -0.393 e. The number of likely N-dealkylation sites (tertiary alicyclic amines) is 2. The zero-order valence-corrected chi connectivity index (χ0v) is 11.7. The third-order valence-electron chi connectivity index (χ3n) is 4.22. The second kappa shape index (κ2) is 6.12. The Labute approximate surface area is 110 Å². The molecule has 0 aliphatic carbocycles. The van der Waals surface area contributed by atoms with Gasteiger partial charge in [-0.05, 0) is 39.3 Å². The van der Waals surface area contributed by atoms with Crippen LogP contribution in [0.2, 0.25) is 0 Å². The number of thiocarbonyl (C=S) groups is 1. The Balaban J connectivity index is 1.79. The molecule has 4 heteroatoms. The van der Waals surface area contributed by atoms with E-state index >= 15 is 0 Å². The molecule has 0 aromatic rings. The third-order valence-corrected chi connectivity index (χ3v) is 4.39. The van der Waals surface area contributed by atoms with E-state index in [2.05, 4.69) is 16.7 Å². The Hall–Kier alpha value is -0.190. The quantitative estimate of drug-likeness (QED) is 0.774. The summed E-state index contributed by atoms with van der Waals surface area (Å²) >= 11 is 5.00. The molecule has 2 aliphatic rings. The maximum atomic E-state index is 5.63. The van der Waals surface area contributed by atoms with Crippen LogP contribution in [0.4, 0.5) is 0 Å². The fraction of sp³-hybridized carbons (Fsp3) is 0.923. The van der Waals surface area contributed by atoms with Crippen molar-refractivity contribution in [2.75, 3.05) is 26.2 Å². The molecule has 2 N–H and O–H groups in total. The van der Waals surface area contributed by atoms with Crippen molar-refractivity contribution in [3.63, 3.8) is 0 Å². The second-order valence-electron chi connectivity index (χ2n) is 5.55. The SMILES string of the molecule is CC(CC(N)=S)N1CCC(N2CCCCC2)C1. The summed E-state index contributed by atoms with van der Waals surface area (Å²) in [6, 6.07) is 1.30.